The largest absolute Gasteiger partial charge is 0.507 e. The molecule has 0 saturated carbocycles. The van der Waals surface area contributed by atoms with Crippen molar-refractivity contribution in [1.82, 2.24) is 0 Å². The highest BCUT2D eigenvalue weighted by atomic mass is 16.6. The molecule has 0 bridgehead atoms. The molecule has 1 aromatic rings. The van der Waals surface area contributed by atoms with Gasteiger partial charge in [0.1, 0.15) is 5.76 Å². The summed E-state index contributed by atoms with van der Waals surface area (Å²) in [7, 11) is 0. The molecule has 1 aromatic carbocycles. The first-order chi connectivity index (χ1) is 15.1. The third-order valence-electron chi connectivity index (χ3n) is 5.87. The lowest BCUT2D eigenvalue weighted by Crippen LogP contribution is -2.49. The second-order valence-electron chi connectivity index (χ2n) is 9.71. The summed E-state index contributed by atoms with van der Waals surface area (Å²) in [5, 5.41) is 41.3. The van der Waals surface area contributed by atoms with Crippen molar-refractivity contribution in [2.75, 3.05) is 6.61 Å². The zero-order chi connectivity index (χ0) is 25.2. The van der Waals surface area contributed by atoms with Gasteiger partial charge in [0, 0.05) is 22.1 Å². The van der Waals surface area contributed by atoms with Gasteiger partial charge in [-0.05, 0) is 33.1 Å². The van der Waals surface area contributed by atoms with Crippen LogP contribution in [-0.2, 0) is 14.3 Å². The van der Waals surface area contributed by atoms with E-state index in [0.29, 0.717) is 0 Å². The Hall–Kier alpha value is -2.81. The number of Topliss-reactive ketones (excluding diaryl/α,β-unsaturated/α-hetero) is 2. The predicted octanol–water partition coefficient (Wildman–Crippen LogP) is 2.51. The minimum atomic E-state index is -2.23. The van der Waals surface area contributed by atoms with Crippen molar-refractivity contribution in [3.63, 3.8) is 0 Å². The fourth-order valence-corrected chi connectivity index (χ4v) is 3.47. The van der Waals surface area contributed by atoms with Gasteiger partial charge >= 0.3 is 5.97 Å². The molecule has 0 unspecified atom stereocenters. The van der Waals surface area contributed by atoms with Crippen LogP contribution < -0.4 is 0 Å². The fraction of sp³-hybridized carbons (Fsp3) is 0.480. The summed E-state index contributed by atoms with van der Waals surface area (Å²) in [4.78, 5) is 37.5. The molecule has 8 nitrogen and oxygen atoms in total. The maximum absolute atomic E-state index is 12.6. The topological polar surface area (TPSA) is 141 Å². The number of carbonyl (C=O) groups excluding carboxylic acids is 3. The van der Waals surface area contributed by atoms with Crippen LogP contribution in [0.5, 0.6) is 0 Å². The molecule has 0 spiro atoms. The number of benzene rings is 1. The van der Waals surface area contributed by atoms with Crippen LogP contribution in [0, 0.1) is 5.41 Å². The van der Waals surface area contributed by atoms with Crippen LogP contribution in [0.2, 0.25) is 0 Å². The van der Waals surface area contributed by atoms with E-state index in [2.05, 4.69) is 6.58 Å². The Labute approximate surface area is 193 Å². The first kappa shape index (κ1) is 26.4. The molecule has 2 rings (SSSR count). The minimum Gasteiger partial charge on any atom is -0.507 e. The molecule has 3 atom stereocenters. The molecule has 0 radical (unpaired) electrons. The van der Waals surface area contributed by atoms with E-state index in [1.807, 2.05) is 0 Å². The normalized spacial score (nSPS) is 18.8. The number of aliphatic hydroxyl groups excluding tert-OH is 2. The molecule has 0 aliphatic heterocycles. The molecule has 0 fully saturated rings. The summed E-state index contributed by atoms with van der Waals surface area (Å²) >= 11 is 0. The first-order valence-electron chi connectivity index (χ1n) is 10.7. The van der Waals surface area contributed by atoms with Gasteiger partial charge in [0.05, 0.1) is 18.3 Å². The summed E-state index contributed by atoms with van der Waals surface area (Å²) < 4.78 is 5.23. The lowest BCUT2D eigenvalue weighted by molar-refractivity contribution is -0.179. The van der Waals surface area contributed by atoms with Crippen molar-refractivity contribution in [2.24, 2.45) is 5.41 Å². The Morgan fingerprint density at radius 1 is 1.09 bits per heavy atom. The number of aliphatic hydroxyl groups is 4. The van der Waals surface area contributed by atoms with Gasteiger partial charge in [0.2, 0.25) is 11.6 Å². The molecule has 180 valence electrons. The van der Waals surface area contributed by atoms with E-state index in [1.54, 1.807) is 32.0 Å². The summed E-state index contributed by atoms with van der Waals surface area (Å²) in [6, 6.07) is 6.26. The van der Waals surface area contributed by atoms with E-state index < -0.39 is 40.3 Å². The Morgan fingerprint density at radius 3 is 2.24 bits per heavy atom. The number of allylic oxidation sites excluding steroid dienone is 1. The number of hydrogen-bond donors (Lipinski definition) is 4. The Morgan fingerprint density at radius 2 is 1.67 bits per heavy atom. The molecule has 33 heavy (non-hydrogen) atoms. The monoisotopic (exact) mass is 460 g/mol. The van der Waals surface area contributed by atoms with E-state index >= 15 is 0 Å². The van der Waals surface area contributed by atoms with Crippen LogP contribution in [0.3, 0.4) is 0 Å². The number of ether oxygens (including phenoxy) is 1. The Bertz CT molecular complexity index is 984. The van der Waals surface area contributed by atoms with Crippen LogP contribution >= 0.6 is 0 Å². The summed E-state index contributed by atoms with van der Waals surface area (Å²) in [5.74, 6) is -2.89. The Balaban J connectivity index is 2.09. The van der Waals surface area contributed by atoms with Crippen molar-refractivity contribution in [1.29, 1.82) is 0 Å². The smallest absolute Gasteiger partial charge is 0.340 e. The summed E-state index contributed by atoms with van der Waals surface area (Å²) in [5.41, 5.74) is -4.04. The standard InChI is InChI=1S/C25H32O8/c1-6-24(4,31)12-11-18(26)25(5,32)22(30)33-14-23(2,3)13-17-19(27)15-9-7-8-10-16(15)20(28)21(17)29/h6-10,18,26-27,31-32H,1,11-14H2,2-5H3/t18-,24-,25+/m1/s1. The van der Waals surface area contributed by atoms with Crippen molar-refractivity contribution in [3.05, 3.63) is 53.6 Å². The second kappa shape index (κ2) is 9.59. The molecule has 8 heteroatoms. The van der Waals surface area contributed by atoms with Crippen molar-refractivity contribution < 1.29 is 39.5 Å². The van der Waals surface area contributed by atoms with Crippen LogP contribution in [0.4, 0.5) is 0 Å². The molecule has 1 aliphatic carbocycles. The number of fused-ring (bicyclic) bond motifs is 1. The number of rotatable bonds is 10. The third kappa shape index (κ3) is 5.96. The van der Waals surface area contributed by atoms with Crippen molar-refractivity contribution in [3.8, 4) is 0 Å². The molecule has 0 saturated heterocycles. The lowest BCUT2D eigenvalue weighted by Gasteiger charge is -2.31. The quantitative estimate of drug-likeness (QED) is 0.237. The van der Waals surface area contributed by atoms with E-state index in [4.69, 9.17) is 4.74 Å². The number of hydrogen-bond acceptors (Lipinski definition) is 8. The molecule has 0 heterocycles. The van der Waals surface area contributed by atoms with Crippen LogP contribution in [0.1, 0.15) is 62.9 Å². The van der Waals surface area contributed by atoms with E-state index in [-0.39, 0.29) is 48.3 Å². The average Bonchev–Trinajstić information content (AvgIpc) is 2.77. The highest BCUT2D eigenvalue weighted by Gasteiger charge is 2.42. The van der Waals surface area contributed by atoms with Crippen LogP contribution in [0.15, 0.2) is 42.5 Å². The molecule has 0 amide bonds. The summed E-state index contributed by atoms with van der Waals surface area (Å²) in [6.07, 6.45) is -0.272. The third-order valence-corrected chi connectivity index (χ3v) is 5.87. The van der Waals surface area contributed by atoms with Gasteiger partial charge in [-0.25, -0.2) is 4.79 Å². The molecule has 0 aromatic heterocycles. The number of esters is 1. The van der Waals surface area contributed by atoms with Gasteiger partial charge in [-0.15, -0.1) is 6.58 Å². The van der Waals surface area contributed by atoms with Gasteiger partial charge < -0.3 is 25.2 Å². The van der Waals surface area contributed by atoms with Gasteiger partial charge in [0.15, 0.2) is 5.60 Å². The van der Waals surface area contributed by atoms with Gasteiger partial charge in [-0.2, -0.15) is 0 Å². The highest BCUT2D eigenvalue weighted by Crippen LogP contribution is 2.35. The maximum atomic E-state index is 12.6. The molecular weight excluding hydrogens is 428 g/mol. The van der Waals surface area contributed by atoms with Crippen molar-refractivity contribution in [2.45, 2.75) is 64.3 Å². The van der Waals surface area contributed by atoms with E-state index in [1.165, 1.54) is 19.1 Å². The number of ketones is 2. The van der Waals surface area contributed by atoms with Crippen molar-refractivity contribution >= 4 is 23.3 Å². The minimum absolute atomic E-state index is 0.0576. The lowest BCUT2D eigenvalue weighted by atomic mass is 9.79. The average molecular weight is 461 g/mol. The Kier molecular flexibility index (Phi) is 7.68. The number of carbonyl (C=O) groups is 3. The zero-order valence-corrected chi connectivity index (χ0v) is 19.4. The summed E-state index contributed by atoms with van der Waals surface area (Å²) in [6.45, 7) is 9.18. The van der Waals surface area contributed by atoms with E-state index in [0.717, 1.165) is 6.92 Å². The molecule has 1 aliphatic rings. The highest BCUT2D eigenvalue weighted by molar-refractivity contribution is 6.52. The fourth-order valence-electron chi connectivity index (χ4n) is 3.47. The van der Waals surface area contributed by atoms with E-state index in [9.17, 15) is 34.8 Å². The van der Waals surface area contributed by atoms with Crippen LogP contribution in [0.25, 0.3) is 5.76 Å². The van der Waals surface area contributed by atoms with Gasteiger partial charge in [0.25, 0.3) is 0 Å². The van der Waals surface area contributed by atoms with Crippen LogP contribution in [-0.4, -0.2) is 61.9 Å². The van der Waals surface area contributed by atoms with Gasteiger partial charge in [-0.3, -0.25) is 9.59 Å². The molecule has 4 N–H and O–H groups in total. The maximum Gasteiger partial charge on any atom is 0.340 e. The zero-order valence-electron chi connectivity index (χ0n) is 19.4. The first-order valence-corrected chi connectivity index (χ1v) is 10.7. The second-order valence-corrected chi connectivity index (χ2v) is 9.71. The predicted molar refractivity (Wildman–Crippen MR) is 121 cm³/mol. The van der Waals surface area contributed by atoms with Gasteiger partial charge in [-0.1, -0.05) is 44.2 Å². The molecular formula is C25H32O8. The SMILES string of the molecule is C=C[C@@](C)(O)CC[C@@H](O)[C@](C)(O)C(=O)OCC(C)(C)CC1=C(O)c2ccccc2C(=O)C1=O.